The molecular weight excluding hydrogens is 115 g/mol. The highest BCUT2D eigenvalue weighted by molar-refractivity contribution is 7.42. The fourth-order valence-corrected chi connectivity index (χ4v) is 0.829. The van der Waals surface area contributed by atoms with E-state index in [1.54, 1.807) is 0 Å². The van der Waals surface area contributed by atoms with Crippen LogP contribution in [0.15, 0.2) is 12.4 Å². The molecule has 0 spiro atoms. The van der Waals surface area contributed by atoms with Gasteiger partial charge >= 0.3 is 0 Å². The summed E-state index contributed by atoms with van der Waals surface area (Å²) in [6, 6.07) is 0. The first-order chi connectivity index (χ1) is 3.56. The van der Waals surface area contributed by atoms with Crippen LogP contribution in [0.4, 0.5) is 0 Å². The largest absolute Gasteiger partial charge is 0.0945 e. The van der Waals surface area contributed by atoms with Gasteiger partial charge < -0.3 is 0 Å². The molecule has 0 atom stereocenters. The van der Waals surface area contributed by atoms with Crippen molar-refractivity contribution in [1.29, 1.82) is 0 Å². The van der Waals surface area contributed by atoms with Crippen molar-refractivity contribution >= 4 is 14.0 Å². The van der Waals surface area contributed by atoms with Crippen LogP contribution in [0.3, 0.4) is 0 Å². The quantitative estimate of drug-likeness (QED) is 0.476. The van der Waals surface area contributed by atoms with Crippen LogP contribution >= 0.6 is 8.20 Å². The molecule has 0 N–H and O–H groups in total. The summed E-state index contributed by atoms with van der Waals surface area (Å²) in [5, 5.41) is 0. The first-order valence-electron chi connectivity index (χ1n) is 2.71. The zero-order valence-electron chi connectivity index (χ0n) is 5.81. The minimum atomic E-state index is 0.343. The molecule has 0 nitrogen and oxygen atoms in total. The summed E-state index contributed by atoms with van der Waals surface area (Å²) in [6.45, 7) is 10.2. The molecule has 0 radical (unpaired) electrons. The highest BCUT2D eigenvalue weighted by atomic mass is 31.1. The summed E-state index contributed by atoms with van der Waals surface area (Å²) in [6.07, 6.45) is 0. The van der Waals surface area contributed by atoms with E-state index in [4.69, 9.17) is 0 Å². The van der Waals surface area contributed by atoms with Crippen LogP contribution in [0, 0.1) is 5.41 Å². The minimum absolute atomic E-state index is 0.343. The van der Waals surface area contributed by atoms with Crippen molar-refractivity contribution < 1.29 is 0 Å². The van der Waals surface area contributed by atoms with Crippen molar-refractivity contribution in [1.82, 2.24) is 0 Å². The van der Waals surface area contributed by atoms with Gasteiger partial charge in [-0.1, -0.05) is 41.4 Å². The summed E-state index contributed by atoms with van der Waals surface area (Å²) in [7, 11) is 1.23. The fourth-order valence-electron chi connectivity index (χ4n) is 0.276. The van der Waals surface area contributed by atoms with Gasteiger partial charge in [-0.15, -0.1) is 0 Å². The van der Waals surface area contributed by atoms with Crippen molar-refractivity contribution in [2.45, 2.75) is 20.8 Å². The number of rotatable bonds is 1. The summed E-state index contributed by atoms with van der Waals surface area (Å²) in [5.74, 6) is 4.12. The van der Waals surface area contributed by atoms with Crippen LogP contribution in [0.25, 0.3) is 0 Å². The first-order valence-corrected chi connectivity index (χ1v) is 3.75. The highest BCUT2D eigenvalue weighted by Crippen LogP contribution is 2.12. The lowest BCUT2D eigenvalue weighted by Gasteiger charge is -2.08. The molecule has 0 fully saturated rings. The highest BCUT2D eigenvalue weighted by Gasteiger charge is 2.01. The van der Waals surface area contributed by atoms with Gasteiger partial charge in [-0.3, -0.25) is 0 Å². The second kappa shape index (κ2) is 3.04. The Balaban J connectivity index is 3.69. The normalized spacial score (nSPS) is 12.4. The summed E-state index contributed by atoms with van der Waals surface area (Å²) in [5.41, 5.74) is 0.343. The summed E-state index contributed by atoms with van der Waals surface area (Å²) >= 11 is 0. The lowest BCUT2D eigenvalue weighted by atomic mass is 10.0. The van der Waals surface area contributed by atoms with E-state index in [-0.39, 0.29) is 0 Å². The van der Waals surface area contributed by atoms with Crippen molar-refractivity contribution in [3.63, 3.8) is 0 Å². The van der Waals surface area contributed by atoms with Gasteiger partial charge in [0.2, 0.25) is 0 Å². The Labute approximate surface area is 53.4 Å². The van der Waals surface area contributed by atoms with Gasteiger partial charge in [0.1, 0.15) is 0 Å². The van der Waals surface area contributed by atoms with Gasteiger partial charge in [0, 0.05) is 0 Å². The van der Waals surface area contributed by atoms with Crippen LogP contribution in [-0.2, 0) is 0 Å². The molecule has 0 aliphatic rings. The zero-order chi connectivity index (χ0) is 6.62. The molecule has 0 aromatic carbocycles. The Hall–Kier alpha value is -0.0900. The van der Waals surface area contributed by atoms with E-state index >= 15 is 0 Å². The van der Waals surface area contributed by atoms with Crippen LogP contribution in [0.2, 0.25) is 0 Å². The van der Waals surface area contributed by atoms with Gasteiger partial charge in [-0.05, 0) is 11.2 Å². The fraction of sp³-hybridized carbons (Fsp3) is 0.571. The third-order valence-corrected chi connectivity index (χ3v) is 1.70. The maximum absolute atomic E-state index is 3.62. The second-order valence-corrected chi connectivity index (χ2v) is 3.75. The molecule has 0 saturated heterocycles. The molecule has 1 heteroatoms. The first kappa shape index (κ1) is 7.91. The maximum atomic E-state index is 3.62. The van der Waals surface area contributed by atoms with Crippen molar-refractivity contribution in [3.05, 3.63) is 12.4 Å². The minimum Gasteiger partial charge on any atom is -0.0945 e. The van der Waals surface area contributed by atoms with Gasteiger partial charge in [-0.25, -0.2) is 0 Å². The van der Waals surface area contributed by atoms with Gasteiger partial charge in [0.05, 0.1) is 0 Å². The van der Waals surface area contributed by atoms with Crippen molar-refractivity contribution in [2.75, 3.05) is 0 Å². The molecule has 0 aliphatic heterocycles. The zero-order valence-corrected chi connectivity index (χ0v) is 6.70. The molecule has 0 aromatic heterocycles. The van der Waals surface area contributed by atoms with Gasteiger partial charge in [-0.2, -0.15) is 0 Å². The molecule has 8 heavy (non-hydrogen) atoms. The summed E-state index contributed by atoms with van der Waals surface area (Å²) in [4.78, 5) is 0. The van der Waals surface area contributed by atoms with Crippen LogP contribution in [0.5, 0.6) is 0 Å². The summed E-state index contributed by atoms with van der Waals surface area (Å²) < 4.78 is 0. The van der Waals surface area contributed by atoms with E-state index in [1.165, 1.54) is 8.20 Å². The van der Waals surface area contributed by atoms with Crippen LogP contribution in [-0.4, -0.2) is 5.80 Å². The molecule has 0 amide bonds. The lowest BCUT2D eigenvalue weighted by Crippen LogP contribution is -2.03. The van der Waals surface area contributed by atoms with E-state index in [0.29, 0.717) is 5.41 Å². The standard InChI is InChI=1S/C7H13P/c1-5-8-6-7(2,3)4/h5-6H,1H2,2-4H3. The SMILES string of the molecule is C=CP=CC(C)(C)C. The van der Waals surface area contributed by atoms with Crippen LogP contribution < -0.4 is 0 Å². The monoisotopic (exact) mass is 128 g/mol. The average Bonchev–Trinajstić information content (AvgIpc) is 1.59. The van der Waals surface area contributed by atoms with E-state index in [2.05, 4.69) is 33.1 Å². The lowest BCUT2D eigenvalue weighted by molar-refractivity contribution is 0.615. The van der Waals surface area contributed by atoms with E-state index < -0.39 is 0 Å². The molecule has 0 aromatic rings. The van der Waals surface area contributed by atoms with E-state index in [0.717, 1.165) is 0 Å². The molecule has 0 bridgehead atoms. The number of hydrogen-bond donors (Lipinski definition) is 0. The molecule has 0 heterocycles. The molecule has 0 unspecified atom stereocenters. The van der Waals surface area contributed by atoms with Gasteiger partial charge in [0.15, 0.2) is 0 Å². The predicted molar refractivity (Wildman–Crippen MR) is 42.6 cm³/mol. The van der Waals surface area contributed by atoms with Gasteiger partial charge in [0.25, 0.3) is 0 Å². The Bertz CT molecular complexity index is 95.4. The van der Waals surface area contributed by atoms with E-state index in [1.807, 2.05) is 5.82 Å². The third kappa shape index (κ3) is 5.91. The Morgan fingerprint density at radius 2 is 1.88 bits per heavy atom. The average molecular weight is 128 g/mol. The molecular formula is C7H13P. The molecule has 0 aliphatic carbocycles. The molecule has 0 saturated carbocycles. The predicted octanol–water partition coefficient (Wildman–Crippen LogP) is 2.92. The smallest absolute Gasteiger partial charge is 0.0157 e. The van der Waals surface area contributed by atoms with Crippen molar-refractivity contribution in [3.8, 4) is 0 Å². The maximum Gasteiger partial charge on any atom is -0.0157 e. The second-order valence-electron chi connectivity index (χ2n) is 2.83. The van der Waals surface area contributed by atoms with E-state index in [9.17, 15) is 0 Å². The Morgan fingerprint density at radius 1 is 1.38 bits per heavy atom. The Kier molecular flexibility index (Phi) is 3.01. The molecule has 0 rings (SSSR count). The van der Waals surface area contributed by atoms with Crippen LogP contribution in [0.1, 0.15) is 20.8 Å². The third-order valence-electron chi connectivity index (χ3n) is 0.567. The Morgan fingerprint density at radius 3 is 2.00 bits per heavy atom. The number of hydrogen-bond acceptors (Lipinski definition) is 0. The molecule has 46 valence electrons. The van der Waals surface area contributed by atoms with Crippen molar-refractivity contribution in [2.24, 2.45) is 5.41 Å². The topological polar surface area (TPSA) is 0 Å².